The van der Waals surface area contributed by atoms with Gasteiger partial charge in [-0.05, 0) is 55.0 Å². The Morgan fingerprint density at radius 2 is 1.65 bits per heavy atom. The number of benzene rings is 2. The van der Waals surface area contributed by atoms with E-state index >= 15 is 0 Å². The zero-order valence-electron chi connectivity index (χ0n) is 22.0. The molecule has 0 saturated heterocycles. The summed E-state index contributed by atoms with van der Waals surface area (Å²) in [5, 5.41) is 20.7. The number of ether oxygens (including phenoxy) is 1. The Bertz CT molecular complexity index is 989. The molecule has 2 rings (SSSR count). The molecule has 9 heteroatoms. The summed E-state index contributed by atoms with van der Waals surface area (Å²) >= 11 is 12.2. The van der Waals surface area contributed by atoms with Crippen molar-refractivity contribution >= 4 is 35.2 Å². The van der Waals surface area contributed by atoms with Gasteiger partial charge in [-0.2, -0.15) is 0 Å². The molecule has 37 heavy (non-hydrogen) atoms. The van der Waals surface area contributed by atoms with E-state index in [-0.39, 0.29) is 12.0 Å². The topological polar surface area (TPSA) is 99.7 Å². The minimum absolute atomic E-state index is 0.273. The molecule has 4 N–H and O–H groups in total. The zero-order chi connectivity index (χ0) is 27.4. The highest BCUT2D eigenvalue weighted by atomic mass is 35.5. The summed E-state index contributed by atoms with van der Waals surface area (Å²) in [5.74, 6) is -0.737. The molecule has 0 radical (unpaired) electrons. The summed E-state index contributed by atoms with van der Waals surface area (Å²) in [4.78, 5) is 25.7. The standard InChI is InChI=1S/C28H39Cl2N3O4/c1-18(2)26(37-28(36)32-14-12-20-8-6-5-7-9-20)27(35)33-24(25(34)13-15-31-19(3)4)17-21-10-11-22(29)23(30)16-21/h5-11,16,18-19,24-26,31,34H,12-15,17H2,1-4H3,(H,32,36)(H,33,35). The van der Waals surface area contributed by atoms with Gasteiger partial charge >= 0.3 is 6.09 Å². The molecule has 2 aromatic rings. The van der Waals surface area contributed by atoms with Crippen LogP contribution < -0.4 is 16.0 Å². The third kappa shape index (κ3) is 11.3. The number of halogens is 2. The fourth-order valence-corrected chi connectivity index (χ4v) is 4.11. The maximum atomic E-state index is 13.2. The van der Waals surface area contributed by atoms with Crippen molar-refractivity contribution in [2.24, 2.45) is 5.92 Å². The van der Waals surface area contributed by atoms with Gasteiger partial charge in [-0.1, -0.05) is 87.3 Å². The minimum atomic E-state index is -1.02. The van der Waals surface area contributed by atoms with Crippen molar-refractivity contribution in [2.75, 3.05) is 13.1 Å². The van der Waals surface area contributed by atoms with Crippen LogP contribution in [0.3, 0.4) is 0 Å². The summed E-state index contributed by atoms with van der Waals surface area (Å²) in [6.07, 6.45) is -1.10. The van der Waals surface area contributed by atoms with Crippen molar-refractivity contribution in [1.82, 2.24) is 16.0 Å². The van der Waals surface area contributed by atoms with Gasteiger partial charge in [0.2, 0.25) is 0 Å². The maximum absolute atomic E-state index is 13.2. The molecule has 3 atom stereocenters. The number of alkyl carbamates (subject to hydrolysis) is 1. The van der Waals surface area contributed by atoms with Crippen molar-refractivity contribution in [3.05, 3.63) is 69.7 Å². The number of aliphatic hydroxyl groups excluding tert-OH is 1. The lowest BCUT2D eigenvalue weighted by molar-refractivity contribution is -0.133. The molecule has 0 aliphatic carbocycles. The monoisotopic (exact) mass is 551 g/mol. The van der Waals surface area contributed by atoms with Gasteiger partial charge in [-0.15, -0.1) is 0 Å². The van der Waals surface area contributed by atoms with Gasteiger partial charge in [0.1, 0.15) is 0 Å². The average Bonchev–Trinajstić information content (AvgIpc) is 2.84. The third-order valence-electron chi connectivity index (χ3n) is 5.85. The molecule has 0 aromatic heterocycles. The maximum Gasteiger partial charge on any atom is 0.407 e. The summed E-state index contributed by atoms with van der Waals surface area (Å²) in [6, 6.07) is 14.6. The molecule has 0 aliphatic rings. The number of carbonyl (C=O) groups is 2. The second-order valence-corrected chi connectivity index (χ2v) is 10.6. The highest BCUT2D eigenvalue weighted by Crippen LogP contribution is 2.24. The second kappa shape index (κ2) is 15.8. The smallest absolute Gasteiger partial charge is 0.407 e. The summed E-state index contributed by atoms with van der Waals surface area (Å²) in [6.45, 7) is 8.63. The van der Waals surface area contributed by atoms with Gasteiger partial charge in [0.15, 0.2) is 6.10 Å². The number of aliphatic hydroxyl groups is 1. The average molecular weight is 553 g/mol. The molecule has 2 aromatic carbocycles. The van der Waals surface area contributed by atoms with Gasteiger partial charge in [0, 0.05) is 12.6 Å². The van der Waals surface area contributed by atoms with Crippen molar-refractivity contribution < 1.29 is 19.4 Å². The molecular formula is C28H39Cl2N3O4. The lowest BCUT2D eigenvalue weighted by Gasteiger charge is -2.28. The second-order valence-electron chi connectivity index (χ2n) is 9.76. The first-order valence-corrected chi connectivity index (χ1v) is 13.5. The summed E-state index contributed by atoms with van der Waals surface area (Å²) in [7, 11) is 0. The van der Waals surface area contributed by atoms with Crippen molar-refractivity contribution in [3.8, 4) is 0 Å². The Labute approximate surface area is 230 Å². The largest absolute Gasteiger partial charge is 0.436 e. The molecule has 0 fully saturated rings. The van der Waals surface area contributed by atoms with Crippen LogP contribution >= 0.6 is 23.2 Å². The van der Waals surface area contributed by atoms with Crippen LogP contribution in [0.5, 0.6) is 0 Å². The van der Waals surface area contributed by atoms with Crippen LogP contribution in [0.4, 0.5) is 4.79 Å². The van der Waals surface area contributed by atoms with Crippen LogP contribution in [0.15, 0.2) is 48.5 Å². The molecule has 3 unspecified atom stereocenters. The number of hydrogen-bond acceptors (Lipinski definition) is 5. The van der Waals surface area contributed by atoms with Crippen LogP contribution in [0.2, 0.25) is 10.0 Å². The normalized spacial score (nSPS) is 13.8. The fraction of sp³-hybridized carbons (Fsp3) is 0.500. The van der Waals surface area contributed by atoms with Crippen molar-refractivity contribution in [2.45, 2.75) is 71.2 Å². The third-order valence-corrected chi connectivity index (χ3v) is 6.59. The van der Waals surface area contributed by atoms with Crippen molar-refractivity contribution in [3.63, 3.8) is 0 Å². The molecule has 2 amide bonds. The van der Waals surface area contributed by atoms with Crippen LogP contribution in [0.1, 0.15) is 45.2 Å². The lowest BCUT2D eigenvalue weighted by atomic mass is 9.97. The Hall–Kier alpha value is -2.32. The van der Waals surface area contributed by atoms with E-state index in [4.69, 9.17) is 27.9 Å². The predicted octanol–water partition coefficient (Wildman–Crippen LogP) is 4.76. The van der Waals surface area contributed by atoms with Crippen LogP contribution in [0.25, 0.3) is 0 Å². The summed E-state index contributed by atoms with van der Waals surface area (Å²) in [5.41, 5.74) is 1.91. The van der Waals surface area contributed by atoms with Crippen molar-refractivity contribution in [1.29, 1.82) is 0 Å². The van der Waals surface area contributed by atoms with E-state index in [1.165, 1.54) is 0 Å². The predicted molar refractivity (Wildman–Crippen MR) is 149 cm³/mol. The molecule has 0 heterocycles. The van der Waals surface area contributed by atoms with Gasteiger partial charge in [0.25, 0.3) is 5.91 Å². The van der Waals surface area contributed by atoms with Crippen LogP contribution in [-0.4, -0.2) is 54.5 Å². The Morgan fingerprint density at radius 1 is 0.946 bits per heavy atom. The van der Waals surface area contributed by atoms with E-state index < -0.39 is 30.3 Å². The molecule has 0 saturated carbocycles. The van der Waals surface area contributed by atoms with E-state index in [0.717, 1.165) is 11.1 Å². The lowest BCUT2D eigenvalue weighted by Crippen LogP contribution is -2.51. The highest BCUT2D eigenvalue weighted by molar-refractivity contribution is 6.42. The Kier molecular flexibility index (Phi) is 13.2. The Balaban J connectivity index is 2.04. The number of nitrogens with one attached hydrogen (secondary N) is 3. The first kappa shape index (κ1) is 30.9. The van der Waals surface area contributed by atoms with Gasteiger partial charge in [-0.3, -0.25) is 4.79 Å². The molecule has 0 aliphatic heterocycles. The highest BCUT2D eigenvalue weighted by Gasteiger charge is 2.30. The number of hydrogen-bond donors (Lipinski definition) is 4. The van der Waals surface area contributed by atoms with E-state index in [0.29, 0.717) is 42.4 Å². The molecule has 204 valence electrons. The SMILES string of the molecule is CC(C)NCCC(O)C(Cc1ccc(Cl)c(Cl)c1)NC(=O)C(OC(=O)NCCc1ccccc1)C(C)C. The van der Waals surface area contributed by atoms with Gasteiger partial charge in [0.05, 0.1) is 22.2 Å². The first-order valence-electron chi connectivity index (χ1n) is 12.7. The number of rotatable bonds is 14. The quantitative estimate of drug-likeness (QED) is 0.271. The zero-order valence-corrected chi connectivity index (χ0v) is 23.5. The Morgan fingerprint density at radius 3 is 2.27 bits per heavy atom. The number of amides is 2. The molecule has 0 bridgehead atoms. The van der Waals surface area contributed by atoms with Crippen LogP contribution in [-0.2, 0) is 22.4 Å². The fourth-order valence-electron chi connectivity index (χ4n) is 3.79. The first-order chi connectivity index (χ1) is 17.6. The van der Waals surface area contributed by atoms with Crippen LogP contribution in [0, 0.1) is 5.92 Å². The number of carbonyl (C=O) groups excluding carboxylic acids is 2. The van der Waals surface area contributed by atoms with E-state index in [1.807, 2.05) is 50.2 Å². The minimum Gasteiger partial charge on any atom is -0.436 e. The van der Waals surface area contributed by atoms with E-state index in [1.54, 1.807) is 26.0 Å². The van der Waals surface area contributed by atoms with Gasteiger partial charge in [-0.25, -0.2) is 4.79 Å². The van der Waals surface area contributed by atoms with E-state index in [2.05, 4.69) is 16.0 Å². The molecule has 0 spiro atoms. The van der Waals surface area contributed by atoms with Gasteiger partial charge < -0.3 is 25.8 Å². The summed E-state index contributed by atoms with van der Waals surface area (Å²) < 4.78 is 5.50. The van der Waals surface area contributed by atoms with E-state index in [9.17, 15) is 14.7 Å². The molecular weight excluding hydrogens is 513 g/mol. The molecule has 7 nitrogen and oxygen atoms in total.